The number of nitrogens with one attached hydrogen (secondary N) is 1. The molecule has 3 rings (SSSR count). The Morgan fingerprint density at radius 3 is 2.66 bits per heavy atom. The summed E-state index contributed by atoms with van der Waals surface area (Å²) in [7, 11) is 0. The number of aryl methyl sites for hydroxylation is 1. The molecule has 1 unspecified atom stereocenters. The van der Waals surface area contributed by atoms with E-state index in [0.29, 0.717) is 11.4 Å². The second kappa shape index (κ2) is 7.87. The van der Waals surface area contributed by atoms with Crippen LogP contribution in [-0.2, 0) is 6.18 Å². The van der Waals surface area contributed by atoms with E-state index >= 15 is 0 Å². The smallest absolute Gasteiger partial charge is 0.352 e. The summed E-state index contributed by atoms with van der Waals surface area (Å²) < 4.78 is 41.9. The van der Waals surface area contributed by atoms with Gasteiger partial charge in [0.2, 0.25) is 5.95 Å². The molecule has 3 aromatic heterocycles. The molecule has 0 aliphatic carbocycles. The maximum Gasteiger partial charge on any atom is 0.420 e. The van der Waals surface area contributed by atoms with E-state index in [1.165, 1.54) is 17.1 Å². The Balaban J connectivity index is 2.09. The lowest BCUT2D eigenvalue weighted by atomic mass is 10.2. The number of imidazole rings is 1. The van der Waals surface area contributed by atoms with Crippen LogP contribution in [0.25, 0.3) is 17.1 Å². The number of alkyl halides is 3. The summed E-state index contributed by atoms with van der Waals surface area (Å²) >= 11 is 0. The van der Waals surface area contributed by atoms with Gasteiger partial charge in [-0.1, -0.05) is 6.92 Å². The van der Waals surface area contributed by atoms with E-state index in [1.807, 2.05) is 19.9 Å². The number of hydrogen-bond donors (Lipinski definition) is 1. The Bertz CT molecular complexity index is 1070. The van der Waals surface area contributed by atoms with Crippen LogP contribution in [0.4, 0.5) is 19.1 Å². The first-order valence-electron chi connectivity index (χ1n) is 8.86. The number of hydrogen-bond acceptors (Lipinski definition) is 6. The molecule has 0 amide bonds. The topological polar surface area (TPSA) is 92.3 Å². The monoisotopic (exact) mass is 401 g/mol. The van der Waals surface area contributed by atoms with E-state index in [-0.39, 0.29) is 29.1 Å². The van der Waals surface area contributed by atoms with Gasteiger partial charge in [0.15, 0.2) is 5.69 Å². The van der Waals surface area contributed by atoms with Gasteiger partial charge in [-0.15, -0.1) is 0 Å². The number of aromatic nitrogens is 5. The highest BCUT2D eigenvalue weighted by molar-refractivity contribution is 5.61. The zero-order chi connectivity index (χ0) is 21.2. The molecule has 1 N–H and O–H groups in total. The molecule has 0 saturated carbocycles. The van der Waals surface area contributed by atoms with Crippen molar-refractivity contribution in [3.05, 3.63) is 47.8 Å². The van der Waals surface area contributed by atoms with E-state index in [2.05, 4.69) is 25.3 Å². The SMILES string of the molecule is CCC(C)Nc1ncc(C(F)(F)F)c(-c2cn(-c3ccc(C)nc3C#N)cn2)n1. The highest BCUT2D eigenvalue weighted by Crippen LogP contribution is 2.35. The van der Waals surface area contributed by atoms with Crippen molar-refractivity contribution in [2.45, 2.75) is 39.4 Å². The minimum Gasteiger partial charge on any atom is -0.352 e. The molecular weight excluding hydrogens is 383 g/mol. The first-order valence-corrected chi connectivity index (χ1v) is 8.86. The molecule has 1 atom stereocenters. The van der Waals surface area contributed by atoms with Crippen LogP contribution in [0, 0.1) is 18.3 Å². The molecular formula is C19H18F3N7. The Morgan fingerprint density at radius 1 is 1.24 bits per heavy atom. The Morgan fingerprint density at radius 2 is 2.00 bits per heavy atom. The zero-order valence-electron chi connectivity index (χ0n) is 16.0. The molecule has 0 aliphatic heterocycles. The molecule has 10 heteroatoms. The molecule has 7 nitrogen and oxygen atoms in total. The van der Waals surface area contributed by atoms with Gasteiger partial charge < -0.3 is 9.88 Å². The Labute approximate surface area is 165 Å². The molecule has 0 saturated heterocycles. The highest BCUT2D eigenvalue weighted by Gasteiger charge is 2.36. The minimum absolute atomic E-state index is 0.00559. The Hall–Kier alpha value is -3.48. The summed E-state index contributed by atoms with van der Waals surface area (Å²) in [4.78, 5) is 16.1. The van der Waals surface area contributed by atoms with Gasteiger partial charge in [0.1, 0.15) is 29.3 Å². The van der Waals surface area contributed by atoms with Gasteiger partial charge in [0.05, 0.1) is 5.69 Å². The van der Waals surface area contributed by atoms with E-state index in [0.717, 1.165) is 12.6 Å². The standard InChI is InChI=1S/C19H18F3N7/c1-4-11(2)27-18-24-8-13(19(20,21)22)17(28-18)15-9-29(10-25-15)16-6-5-12(3)26-14(16)7-23/h5-6,8-11H,4H2,1-3H3,(H,24,27,28). The fourth-order valence-corrected chi connectivity index (χ4v) is 2.59. The van der Waals surface area contributed by atoms with E-state index in [4.69, 9.17) is 0 Å². The summed E-state index contributed by atoms with van der Waals surface area (Å²) in [6.45, 7) is 5.56. The summed E-state index contributed by atoms with van der Waals surface area (Å²) in [6.07, 6.45) is -0.423. The molecule has 29 heavy (non-hydrogen) atoms. The predicted molar refractivity (Wildman–Crippen MR) is 100 cm³/mol. The van der Waals surface area contributed by atoms with Crippen molar-refractivity contribution in [3.8, 4) is 23.1 Å². The van der Waals surface area contributed by atoms with Crippen molar-refractivity contribution in [2.24, 2.45) is 0 Å². The molecule has 0 radical (unpaired) electrons. The van der Waals surface area contributed by atoms with Crippen molar-refractivity contribution in [3.63, 3.8) is 0 Å². The van der Waals surface area contributed by atoms with Crippen LogP contribution in [0.15, 0.2) is 30.9 Å². The largest absolute Gasteiger partial charge is 0.420 e. The summed E-state index contributed by atoms with van der Waals surface area (Å²) in [5.74, 6) is 0.0895. The average Bonchev–Trinajstić information content (AvgIpc) is 3.16. The molecule has 0 aliphatic rings. The van der Waals surface area contributed by atoms with Crippen molar-refractivity contribution >= 4 is 5.95 Å². The maximum absolute atomic E-state index is 13.5. The van der Waals surface area contributed by atoms with Crippen LogP contribution in [0.3, 0.4) is 0 Å². The zero-order valence-corrected chi connectivity index (χ0v) is 16.0. The van der Waals surface area contributed by atoms with Gasteiger partial charge in [0.25, 0.3) is 0 Å². The third-order valence-corrected chi connectivity index (χ3v) is 4.30. The minimum atomic E-state index is -4.64. The quantitative estimate of drug-likeness (QED) is 0.691. The number of nitrogens with zero attached hydrogens (tertiary/aromatic N) is 6. The van der Waals surface area contributed by atoms with Crippen LogP contribution in [0.5, 0.6) is 0 Å². The molecule has 0 bridgehead atoms. The van der Waals surface area contributed by atoms with Crippen molar-refractivity contribution in [2.75, 3.05) is 5.32 Å². The number of pyridine rings is 1. The Kier molecular flexibility index (Phi) is 5.50. The van der Waals surface area contributed by atoms with E-state index in [1.54, 1.807) is 19.1 Å². The van der Waals surface area contributed by atoms with Gasteiger partial charge >= 0.3 is 6.18 Å². The molecule has 0 aromatic carbocycles. The molecule has 150 valence electrons. The van der Waals surface area contributed by atoms with Crippen molar-refractivity contribution < 1.29 is 13.2 Å². The van der Waals surface area contributed by atoms with Crippen molar-refractivity contribution in [1.82, 2.24) is 24.5 Å². The van der Waals surface area contributed by atoms with E-state index in [9.17, 15) is 18.4 Å². The van der Waals surface area contributed by atoms with Crippen LogP contribution in [-0.4, -0.2) is 30.5 Å². The summed E-state index contributed by atoms with van der Waals surface area (Å²) in [6, 6.07) is 5.34. The first-order chi connectivity index (χ1) is 13.7. The number of nitriles is 1. The third kappa shape index (κ3) is 4.34. The van der Waals surface area contributed by atoms with Gasteiger partial charge in [-0.05, 0) is 32.4 Å². The third-order valence-electron chi connectivity index (χ3n) is 4.30. The van der Waals surface area contributed by atoms with Gasteiger partial charge in [-0.2, -0.15) is 18.4 Å². The fourth-order valence-electron chi connectivity index (χ4n) is 2.59. The maximum atomic E-state index is 13.5. The predicted octanol–water partition coefficient (Wildman–Crippen LogP) is 4.13. The van der Waals surface area contributed by atoms with Crippen molar-refractivity contribution in [1.29, 1.82) is 5.26 Å². The lowest BCUT2D eigenvalue weighted by molar-refractivity contribution is -0.137. The molecule has 0 spiro atoms. The molecule has 3 aromatic rings. The van der Waals surface area contributed by atoms with Crippen LogP contribution >= 0.6 is 0 Å². The average molecular weight is 401 g/mol. The number of halogens is 3. The van der Waals surface area contributed by atoms with Gasteiger partial charge in [0, 0.05) is 24.1 Å². The molecule has 0 fully saturated rings. The molecule has 3 heterocycles. The second-order valence-corrected chi connectivity index (χ2v) is 6.51. The number of rotatable bonds is 5. The summed E-state index contributed by atoms with van der Waals surface area (Å²) in [5.41, 5.74) is -0.0993. The second-order valence-electron chi connectivity index (χ2n) is 6.51. The van der Waals surface area contributed by atoms with Crippen LogP contribution < -0.4 is 5.32 Å². The normalized spacial score (nSPS) is 12.4. The highest BCUT2D eigenvalue weighted by atomic mass is 19.4. The van der Waals surface area contributed by atoms with Crippen LogP contribution in [0.1, 0.15) is 37.2 Å². The fraction of sp³-hybridized carbons (Fsp3) is 0.316. The van der Waals surface area contributed by atoms with Gasteiger partial charge in [-0.25, -0.2) is 19.9 Å². The summed E-state index contributed by atoms with van der Waals surface area (Å²) in [5, 5.41) is 12.3. The van der Waals surface area contributed by atoms with Crippen LogP contribution in [0.2, 0.25) is 0 Å². The van der Waals surface area contributed by atoms with Gasteiger partial charge in [-0.3, -0.25) is 0 Å². The lowest BCUT2D eigenvalue weighted by Crippen LogP contribution is -2.17. The van der Waals surface area contributed by atoms with E-state index < -0.39 is 11.7 Å². The number of anilines is 1. The first kappa shape index (κ1) is 20.3. The lowest BCUT2D eigenvalue weighted by Gasteiger charge is -2.14.